The van der Waals surface area contributed by atoms with Gasteiger partial charge < -0.3 is 9.73 Å². The minimum atomic E-state index is -0.137. The van der Waals surface area contributed by atoms with Crippen molar-refractivity contribution in [1.29, 1.82) is 0 Å². The predicted octanol–water partition coefficient (Wildman–Crippen LogP) is 4.35. The van der Waals surface area contributed by atoms with Crippen LogP contribution in [0.2, 0.25) is 0 Å². The van der Waals surface area contributed by atoms with Gasteiger partial charge >= 0.3 is 0 Å². The third-order valence-corrected chi connectivity index (χ3v) is 3.45. The van der Waals surface area contributed by atoms with Crippen LogP contribution in [0.3, 0.4) is 0 Å². The molecule has 0 spiro atoms. The third-order valence-electron chi connectivity index (χ3n) is 3.45. The second-order valence-corrected chi connectivity index (χ2v) is 4.78. The number of furan rings is 1. The van der Waals surface area contributed by atoms with Gasteiger partial charge in [-0.15, -0.1) is 0 Å². The summed E-state index contributed by atoms with van der Waals surface area (Å²) in [4.78, 5) is 12.0. The first kappa shape index (κ1) is 13.4. The van der Waals surface area contributed by atoms with Crippen LogP contribution in [0.5, 0.6) is 0 Å². The number of anilines is 1. The molecule has 19 heavy (non-hydrogen) atoms. The minimum Gasteiger partial charge on any atom is -0.469 e. The van der Waals surface area contributed by atoms with Crippen molar-refractivity contribution < 1.29 is 9.21 Å². The quantitative estimate of drug-likeness (QED) is 0.884. The van der Waals surface area contributed by atoms with Gasteiger partial charge in [-0.2, -0.15) is 0 Å². The van der Waals surface area contributed by atoms with Gasteiger partial charge in [0.05, 0.1) is 11.8 Å². The summed E-state index contributed by atoms with van der Waals surface area (Å²) in [5, 5.41) is 2.87. The molecule has 0 aliphatic carbocycles. The van der Waals surface area contributed by atoms with Crippen molar-refractivity contribution in [2.45, 2.75) is 33.1 Å². The number of hydrogen-bond acceptors (Lipinski definition) is 2. The molecule has 1 atom stereocenters. The molecule has 0 saturated carbocycles. The molecule has 0 saturated heterocycles. The molecular weight excluding hydrogens is 238 g/mol. The highest BCUT2D eigenvalue weighted by Crippen LogP contribution is 2.21. The maximum atomic E-state index is 12.0. The second-order valence-electron chi connectivity index (χ2n) is 4.78. The van der Waals surface area contributed by atoms with Gasteiger partial charge in [0.25, 0.3) is 5.91 Å². The number of rotatable bonds is 4. The molecular formula is C16H19NO2. The Labute approximate surface area is 113 Å². The van der Waals surface area contributed by atoms with Crippen molar-refractivity contribution in [3.05, 3.63) is 53.5 Å². The molecule has 0 unspecified atom stereocenters. The van der Waals surface area contributed by atoms with Crippen molar-refractivity contribution >= 4 is 11.6 Å². The summed E-state index contributed by atoms with van der Waals surface area (Å²) in [6.07, 6.45) is 2.64. The average molecular weight is 257 g/mol. The van der Waals surface area contributed by atoms with E-state index < -0.39 is 0 Å². The predicted molar refractivity (Wildman–Crippen MR) is 76.5 cm³/mol. The average Bonchev–Trinajstić information content (AvgIpc) is 2.85. The Morgan fingerprint density at radius 1 is 1.26 bits per heavy atom. The Hall–Kier alpha value is -2.03. The van der Waals surface area contributed by atoms with E-state index in [-0.39, 0.29) is 5.91 Å². The van der Waals surface area contributed by atoms with Crippen LogP contribution in [-0.4, -0.2) is 5.91 Å². The van der Waals surface area contributed by atoms with Gasteiger partial charge in [-0.25, -0.2) is 0 Å². The molecule has 2 aromatic rings. The van der Waals surface area contributed by atoms with Gasteiger partial charge in [-0.05, 0) is 43.0 Å². The Balaban J connectivity index is 2.08. The molecule has 1 heterocycles. The van der Waals surface area contributed by atoms with E-state index in [1.807, 2.05) is 12.1 Å². The van der Waals surface area contributed by atoms with Gasteiger partial charge in [0.2, 0.25) is 0 Å². The lowest BCUT2D eigenvalue weighted by Gasteiger charge is -2.10. The highest BCUT2D eigenvalue weighted by molar-refractivity contribution is 6.04. The van der Waals surface area contributed by atoms with E-state index in [9.17, 15) is 4.79 Å². The fraction of sp³-hybridized carbons (Fsp3) is 0.312. The standard InChI is InChI=1S/C16H19NO2/c1-4-11(2)13-5-7-14(8-6-13)17-16(18)15-9-10-19-12(15)3/h5-11H,4H2,1-3H3,(H,17,18)/t11-/m1/s1. The first-order valence-corrected chi connectivity index (χ1v) is 6.57. The minimum absolute atomic E-state index is 0.137. The van der Waals surface area contributed by atoms with E-state index in [0.717, 1.165) is 12.1 Å². The highest BCUT2D eigenvalue weighted by atomic mass is 16.3. The smallest absolute Gasteiger partial charge is 0.259 e. The van der Waals surface area contributed by atoms with Crippen LogP contribution in [-0.2, 0) is 0 Å². The summed E-state index contributed by atoms with van der Waals surface area (Å²) >= 11 is 0. The largest absolute Gasteiger partial charge is 0.469 e. The summed E-state index contributed by atoms with van der Waals surface area (Å²) in [6.45, 7) is 6.14. The topological polar surface area (TPSA) is 42.2 Å². The zero-order chi connectivity index (χ0) is 13.8. The van der Waals surface area contributed by atoms with Gasteiger partial charge in [0, 0.05) is 5.69 Å². The van der Waals surface area contributed by atoms with Gasteiger partial charge in [-0.3, -0.25) is 4.79 Å². The van der Waals surface area contributed by atoms with E-state index in [0.29, 0.717) is 17.2 Å². The molecule has 2 rings (SSSR count). The molecule has 0 aliphatic heterocycles. The zero-order valence-corrected chi connectivity index (χ0v) is 11.6. The molecule has 1 N–H and O–H groups in total. The number of carbonyl (C=O) groups is 1. The Bertz CT molecular complexity index is 554. The number of aryl methyl sites for hydroxylation is 1. The maximum absolute atomic E-state index is 12.0. The maximum Gasteiger partial charge on any atom is 0.259 e. The van der Waals surface area contributed by atoms with Crippen LogP contribution in [0.4, 0.5) is 5.69 Å². The molecule has 0 radical (unpaired) electrons. The molecule has 1 aromatic carbocycles. The number of nitrogens with one attached hydrogen (secondary N) is 1. The molecule has 0 fully saturated rings. The molecule has 3 heteroatoms. The summed E-state index contributed by atoms with van der Waals surface area (Å²) in [6, 6.07) is 9.68. The number of carbonyl (C=O) groups excluding carboxylic acids is 1. The first-order valence-electron chi connectivity index (χ1n) is 6.57. The highest BCUT2D eigenvalue weighted by Gasteiger charge is 2.11. The van der Waals surface area contributed by atoms with Crippen molar-refractivity contribution in [3.8, 4) is 0 Å². The van der Waals surface area contributed by atoms with E-state index in [2.05, 4.69) is 31.3 Å². The van der Waals surface area contributed by atoms with Crippen molar-refractivity contribution in [2.75, 3.05) is 5.32 Å². The van der Waals surface area contributed by atoms with E-state index in [4.69, 9.17) is 4.42 Å². The van der Waals surface area contributed by atoms with Gasteiger partial charge in [0.15, 0.2) is 0 Å². The van der Waals surface area contributed by atoms with Crippen LogP contribution in [0, 0.1) is 6.92 Å². The summed E-state index contributed by atoms with van der Waals surface area (Å²) in [7, 11) is 0. The van der Waals surface area contributed by atoms with Crippen molar-refractivity contribution in [3.63, 3.8) is 0 Å². The molecule has 0 bridgehead atoms. The summed E-state index contributed by atoms with van der Waals surface area (Å²) in [5.41, 5.74) is 2.67. The second kappa shape index (κ2) is 5.74. The third kappa shape index (κ3) is 3.05. The van der Waals surface area contributed by atoms with E-state index in [1.165, 1.54) is 11.8 Å². The van der Waals surface area contributed by atoms with Crippen LogP contribution in [0.15, 0.2) is 41.0 Å². The number of amides is 1. The lowest BCUT2D eigenvalue weighted by atomic mass is 9.98. The number of benzene rings is 1. The normalized spacial score (nSPS) is 12.2. The first-order chi connectivity index (χ1) is 9.11. The van der Waals surface area contributed by atoms with Crippen LogP contribution in [0.1, 0.15) is 47.9 Å². The Morgan fingerprint density at radius 3 is 2.47 bits per heavy atom. The lowest BCUT2D eigenvalue weighted by Crippen LogP contribution is -2.12. The molecule has 1 amide bonds. The van der Waals surface area contributed by atoms with Gasteiger partial charge in [-0.1, -0.05) is 26.0 Å². The van der Waals surface area contributed by atoms with E-state index >= 15 is 0 Å². The lowest BCUT2D eigenvalue weighted by molar-refractivity contribution is 0.102. The Morgan fingerprint density at radius 2 is 1.95 bits per heavy atom. The molecule has 0 aliphatic rings. The van der Waals surface area contributed by atoms with Crippen LogP contribution < -0.4 is 5.32 Å². The van der Waals surface area contributed by atoms with E-state index in [1.54, 1.807) is 13.0 Å². The monoisotopic (exact) mass is 257 g/mol. The number of hydrogen-bond donors (Lipinski definition) is 1. The summed E-state index contributed by atoms with van der Waals surface area (Å²) in [5.74, 6) is 1.04. The molecule has 3 nitrogen and oxygen atoms in total. The summed E-state index contributed by atoms with van der Waals surface area (Å²) < 4.78 is 5.13. The fourth-order valence-corrected chi connectivity index (χ4v) is 1.95. The molecule has 100 valence electrons. The Kier molecular flexibility index (Phi) is 4.05. The SMILES string of the molecule is CC[C@@H](C)c1ccc(NC(=O)c2ccoc2C)cc1. The fourth-order valence-electron chi connectivity index (χ4n) is 1.95. The van der Waals surface area contributed by atoms with Crippen molar-refractivity contribution in [1.82, 2.24) is 0 Å². The van der Waals surface area contributed by atoms with Crippen molar-refractivity contribution in [2.24, 2.45) is 0 Å². The zero-order valence-electron chi connectivity index (χ0n) is 11.6. The molecule has 1 aromatic heterocycles. The van der Waals surface area contributed by atoms with Gasteiger partial charge in [0.1, 0.15) is 5.76 Å². The van der Waals surface area contributed by atoms with Crippen LogP contribution >= 0.6 is 0 Å². The van der Waals surface area contributed by atoms with Crippen LogP contribution in [0.25, 0.3) is 0 Å².